The summed E-state index contributed by atoms with van der Waals surface area (Å²) in [4.78, 5) is 6.74. The molecule has 4 nitrogen and oxygen atoms in total. The highest BCUT2D eigenvalue weighted by molar-refractivity contribution is 5.32. The first-order valence-electron chi connectivity index (χ1n) is 5.96. The number of aromatic nitrogens is 1. The molecule has 4 heteroatoms. The molecular formula is C12H20N4. The van der Waals surface area contributed by atoms with E-state index in [1.165, 1.54) is 0 Å². The van der Waals surface area contributed by atoms with Crippen molar-refractivity contribution in [2.45, 2.75) is 13.0 Å². The predicted molar refractivity (Wildman–Crippen MR) is 66.6 cm³/mol. The summed E-state index contributed by atoms with van der Waals surface area (Å²) in [6.07, 6.45) is 1.82. The number of nitrogens with one attached hydrogen (secondary N) is 2. The van der Waals surface area contributed by atoms with Crippen LogP contribution in [0, 0.1) is 0 Å². The molecule has 1 aliphatic rings. The minimum absolute atomic E-state index is 0.638. The van der Waals surface area contributed by atoms with Gasteiger partial charge in [0.1, 0.15) is 5.82 Å². The lowest BCUT2D eigenvalue weighted by molar-refractivity contribution is 0.180. The van der Waals surface area contributed by atoms with Crippen molar-refractivity contribution >= 4 is 5.82 Å². The van der Waals surface area contributed by atoms with Crippen LogP contribution in [0.2, 0.25) is 0 Å². The fraction of sp³-hybridized carbons (Fsp3) is 0.583. The van der Waals surface area contributed by atoms with Crippen LogP contribution in [-0.4, -0.2) is 48.6 Å². The van der Waals surface area contributed by atoms with Gasteiger partial charge >= 0.3 is 0 Å². The zero-order valence-electron chi connectivity index (χ0n) is 9.82. The second kappa shape index (κ2) is 5.82. The third-order valence-electron chi connectivity index (χ3n) is 3.01. The maximum atomic E-state index is 4.24. The Balaban J connectivity index is 1.71. The number of nitrogens with zero attached hydrogens (tertiary/aromatic N) is 2. The number of hydrogen-bond acceptors (Lipinski definition) is 4. The summed E-state index contributed by atoms with van der Waals surface area (Å²) in [7, 11) is 0. The van der Waals surface area contributed by atoms with Gasteiger partial charge in [-0.2, -0.15) is 0 Å². The Hall–Kier alpha value is -1.13. The molecule has 1 atom stereocenters. The predicted octanol–water partition coefficient (Wildman–Crippen LogP) is 0.787. The van der Waals surface area contributed by atoms with Crippen molar-refractivity contribution < 1.29 is 0 Å². The van der Waals surface area contributed by atoms with Crippen molar-refractivity contribution in [3.63, 3.8) is 0 Å². The van der Waals surface area contributed by atoms with E-state index in [-0.39, 0.29) is 0 Å². The molecule has 1 aromatic rings. The zero-order chi connectivity index (χ0) is 11.2. The third kappa shape index (κ3) is 3.18. The van der Waals surface area contributed by atoms with E-state index in [2.05, 4.69) is 27.4 Å². The maximum absolute atomic E-state index is 4.24. The van der Waals surface area contributed by atoms with Crippen LogP contribution < -0.4 is 10.6 Å². The van der Waals surface area contributed by atoms with Gasteiger partial charge in [0.25, 0.3) is 0 Å². The fourth-order valence-corrected chi connectivity index (χ4v) is 2.01. The van der Waals surface area contributed by atoms with Gasteiger partial charge in [0.05, 0.1) is 0 Å². The van der Waals surface area contributed by atoms with Gasteiger partial charge in [0.15, 0.2) is 0 Å². The molecule has 0 bridgehead atoms. The van der Waals surface area contributed by atoms with E-state index in [1.54, 1.807) is 0 Å². The SMILES string of the molecule is CC1CNCCN1CCNc1ccccn1. The van der Waals surface area contributed by atoms with Gasteiger partial charge in [0, 0.05) is 45.0 Å². The van der Waals surface area contributed by atoms with E-state index in [9.17, 15) is 0 Å². The molecule has 0 aromatic carbocycles. The molecule has 0 amide bonds. The van der Waals surface area contributed by atoms with E-state index in [0.29, 0.717) is 6.04 Å². The molecule has 0 aliphatic carbocycles. The van der Waals surface area contributed by atoms with Gasteiger partial charge in [-0.3, -0.25) is 4.90 Å². The van der Waals surface area contributed by atoms with Crippen molar-refractivity contribution in [3.8, 4) is 0 Å². The molecule has 1 aromatic heterocycles. The molecule has 88 valence electrons. The largest absolute Gasteiger partial charge is 0.369 e. The maximum Gasteiger partial charge on any atom is 0.125 e. The summed E-state index contributed by atoms with van der Waals surface area (Å²) < 4.78 is 0. The van der Waals surface area contributed by atoms with E-state index in [4.69, 9.17) is 0 Å². The Labute approximate surface area is 97.1 Å². The van der Waals surface area contributed by atoms with Crippen LogP contribution in [0.1, 0.15) is 6.92 Å². The summed E-state index contributed by atoms with van der Waals surface area (Å²) in [6, 6.07) is 6.58. The van der Waals surface area contributed by atoms with E-state index < -0.39 is 0 Å². The molecule has 2 N–H and O–H groups in total. The van der Waals surface area contributed by atoms with Gasteiger partial charge in [-0.05, 0) is 19.1 Å². The van der Waals surface area contributed by atoms with Crippen LogP contribution in [0.15, 0.2) is 24.4 Å². The highest BCUT2D eigenvalue weighted by Crippen LogP contribution is 2.03. The fourth-order valence-electron chi connectivity index (χ4n) is 2.01. The smallest absolute Gasteiger partial charge is 0.125 e. The second-order valence-electron chi connectivity index (χ2n) is 4.23. The van der Waals surface area contributed by atoms with Crippen LogP contribution in [0.5, 0.6) is 0 Å². The first kappa shape index (κ1) is 11.4. The van der Waals surface area contributed by atoms with Gasteiger partial charge < -0.3 is 10.6 Å². The second-order valence-corrected chi connectivity index (χ2v) is 4.23. The highest BCUT2D eigenvalue weighted by atomic mass is 15.2. The third-order valence-corrected chi connectivity index (χ3v) is 3.01. The van der Waals surface area contributed by atoms with Crippen LogP contribution in [0.3, 0.4) is 0 Å². The Morgan fingerprint density at radius 1 is 1.56 bits per heavy atom. The molecule has 2 rings (SSSR count). The van der Waals surface area contributed by atoms with Gasteiger partial charge in [0.2, 0.25) is 0 Å². The van der Waals surface area contributed by atoms with E-state index in [0.717, 1.165) is 38.5 Å². The molecule has 0 spiro atoms. The average molecular weight is 220 g/mol. The highest BCUT2D eigenvalue weighted by Gasteiger charge is 2.16. The molecule has 1 unspecified atom stereocenters. The van der Waals surface area contributed by atoms with Crippen molar-refractivity contribution in [3.05, 3.63) is 24.4 Å². The van der Waals surface area contributed by atoms with E-state index >= 15 is 0 Å². The minimum atomic E-state index is 0.638. The van der Waals surface area contributed by atoms with Crippen LogP contribution >= 0.6 is 0 Å². The monoisotopic (exact) mass is 220 g/mol. The van der Waals surface area contributed by atoms with Gasteiger partial charge in [-0.25, -0.2) is 4.98 Å². The summed E-state index contributed by atoms with van der Waals surface area (Å²) in [5.74, 6) is 0.963. The molecular weight excluding hydrogens is 200 g/mol. The molecule has 0 radical (unpaired) electrons. The molecule has 16 heavy (non-hydrogen) atoms. The van der Waals surface area contributed by atoms with Crippen molar-refractivity contribution in [2.24, 2.45) is 0 Å². The lowest BCUT2D eigenvalue weighted by Crippen LogP contribution is -2.50. The van der Waals surface area contributed by atoms with Crippen LogP contribution in [0.4, 0.5) is 5.82 Å². The number of piperazine rings is 1. The van der Waals surface area contributed by atoms with Crippen molar-refractivity contribution in [1.29, 1.82) is 0 Å². The first-order chi connectivity index (χ1) is 7.86. The lowest BCUT2D eigenvalue weighted by atomic mass is 10.2. The van der Waals surface area contributed by atoms with Gasteiger partial charge in [-0.1, -0.05) is 6.07 Å². The Morgan fingerprint density at radius 3 is 3.25 bits per heavy atom. The van der Waals surface area contributed by atoms with Gasteiger partial charge in [-0.15, -0.1) is 0 Å². The Bertz CT molecular complexity index is 301. The normalized spacial score (nSPS) is 21.9. The zero-order valence-corrected chi connectivity index (χ0v) is 9.82. The number of rotatable bonds is 4. The Morgan fingerprint density at radius 2 is 2.50 bits per heavy atom. The first-order valence-corrected chi connectivity index (χ1v) is 5.96. The summed E-state index contributed by atoms with van der Waals surface area (Å²) >= 11 is 0. The summed E-state index contributed by atoms with van der Waals surface area (Å²) in [5, 5.41) is 6.74. The number of hydrogen-bond donors (Lipinski definition) is 2. The molecule has 2 heterocycles. The Kier molecular flexibility index (Phi) is 4.13. The molecule has 1 fully saturated rings. The average Bonchev–Trinajstić information content (AvgIpc) is 2.33. The van der Waals surface area contributed by atoms with Crippen molar-refractivity contribution in [2.75, 3.05) is 38.0 Å². The lowest BCUT2D eigenvalue weighted by Gasteiger charge is -2.33. The topological polar surface area (TPSA) is 40.2 Å². The molecule has 1 saturated heterocycles. The summed E-state index contributed by atoms with van der Waals surface area (Å²) in [5.41, 5.74) is 0. The van der Waals surface area contributed by atoms with Crippen LogP contribution in [0.25, 0.3) is 0 Å². The number of anilines is 1. The summed E-state index contributed by atoms with van der Waals surface area (Å²) in [6.45, 7) is 7.66. The van der Waals surface area contributed by atoms with Crippen molar-refractivity contribution in [1.82, 2.24) is 15.2 Å². The quantitative estimate of drug-likeness (QED) is 0.787. The van der Waals surface area contributed by atoms with E-state index in [1.807, 2.05) is 24.4 Å². The molecule has 0 saturated carbocycles. The molecule has 1 aliphatic heterocycles. The standard InChI is InChI=1S/C12H20N4/c1-11-10-13-6-8-16(11)9-7-15-12-4-2-3-5-14-12/h2-5,11,13H,6-10H2,1H3,(H,14,15). The van der Waals surface area contributed by atoms with Crippen LogP contribution in [-0.2, 0) is 0 Å². The minimum Gasteiger partial charge on any atom is -0.369 e. The number of pyridine rings is 1.